The number of hydrogen-bond acceptors (Lipinski definition) is 6. The lowest BCUT2D eigenvalue weighted by Crippen LogP contribution is -2.33. The minimum Gasteiger partial charge on any atom is -0.423 e. The lowest BCUT2D eigenvalue weighted by atomic mass is 10.1. The second-order valence-electron chi connectivity index (χ2n) is 8.13. The molecular formula is C29H20BrClN4O5. The number of anilines is 2. The molecule has 4 aromatic rings. The van der Waals surface area contributed by atoms with Crippen LogP contribution in [0.25, 0.3) is 0 Å². The van der Waals surface area contributed by atoms with Crippen LogP contribution in [0.5, 0.6) is 5.75 Å². The van der Waals surface area contributed by atoms with E-state index in [-0.39, 0.29) is 11.3 Å². The molecule has 4 aromatic carbocycles. The molecule has 0 spiro atoms. The van der Waals surface area contributed by atoms with Gasteiger partial charge in [-0.1, -0.05) is 39.7 Å². The highest BCUT2D eigenvalue weighted by Gasteiger charge is 2.18. The normalized spacial score (nSPS) is 10.6. The van der Waals surface area contributed by atoms with Crippen LogP contribution in [-0.4, -0.2) is 29.9 Å². The van der Waals surface area contributed by atoms with Gasteiger partial charge in [-0.2, -0.15) is 5.10 Å². The molecule has 11 heteroatoms. The van der Waals surface area contributed by atoms with Gasteiger partial charge >= 0.3 is 17.8 Å². The van der Waals surface area contributed by atoms with E-state index in [0.29, 0.717) is 27.6 Å². The molecule has 200 valence electrons. The second-order valence-corrected chi connectivity index (χ2v) is 9.48. The monoisotopic (exact) mass is 618 g/mol. The van der Waals surface area contributed by atoms with Crippen molar-refractivity contribution >= 4 is 68.8 Å². The molecule has 0 heterocycles. The number of benzene rings is 4. The van der Waals surface area contributed by atoms with E-state index in [2.05, 4.69) is 37.1 Å². The topological polar surface area (TPSA) is 126 Å². The van der Waals surface area contributed by atoms with Gasteiger partial charge in [-0.25, -0.2) is 10.2 Å². The van der Waals surface area contributed by atoms with Gasteiger partial charge in [0.1, 0.15) is 5.75 Å². The number of nitrogens with one attached hydrogen (secondary N) is 3. The first kappa shape index (κ1) is 28.2. The maximum absolute atomic E-state index is 12.7. The number of halogens is 2. The van der Waals surface area contributed by atoms with Crippen molar-refractivity contribution in [2.75, 3.05) is 10.6 Å². The zero-order valence-corrected chi connectivity index (χ0v) is 22.9. The Bertz CT molecular complexity index is 1570. The quantitative estimate of drug-likeness (QED) is 0.0809. The summed E-state index contributed by atoms with van der Waals surface area (Å²) in [5.74, 6) is -2.73. The number of esters is 1. The molecule has 9 nitrogen and oxygen atoms in total. The molecule has 3 amide bonds. The van der Waals surface area contributed by atoms with E-state index >= 15 is 0 Å². The van der Waals surface area contributed by atoms with Gasteiger partial charge in [-0.3, -0.25) is 14.4 Å². The number of rotatable bonds is 7. The fraction of sp³-hybridized carbons (Fsp3) is 0. The van der Waals surface area contributed by atoms with Crippen LogP contribution in [0.3, 0.4) is 0 Å². The highest BCUT2D eigenvalue weighted by molar-refractivity contribution is 9.10. The first-order valence-electron chi connectivity index (χ1n) is 11.7. The van der Waals surface area contributed by atoms with Gasteiger partial charge < -0.3 is 15.4 Å². The van der Waals surface area contributed by atoms with Crippen LogP contribution in [0, 0.1) is 0 Å². The largest absolute Gasteiger partial charge is 0.423 e. The van der Waals surface area contributed by atoms with Crippen LogP contribution >= 0.6 is 27.5 Å². The average Bonchev–Trinajstić information content (AvgIpc) is 2.95. The number of carbonyl (C=O) groups excluding carboxylic acids is 4. The zero-order valence-electron chi connectivity index (χ0n) is 20.6. The SMILES string of the molecule is O=C(N/N=C\c1ccc(OC(=O)c2ccc(Cl)cc2)cc1)C(=O)Nc1ccccc1C(=O)Nc1ccc(Br)cc1. The van der Waals surface area contributed by atoms with Crippen molar-refractivity contribution in [2.45, 2.75) is 0 Å². The van der Waals surface area contributed by atoms with Crippen molar-refractivity contribution in [3.63, 3.8) is 0 Å². The third kappa shape index (κ3) is 7.85. The minimum atomic E-state index is -1.03. The summed E-state index contributed by atoms with van der Waals surface area (Å²) in [6, 6.07) is 25.9. The smallest absolute Gasteiger partial charge is 0.343 e. The van der Waals surface area contributed by atoms with Gasteiger partial charge in [0.25, 0.3) is 5.91 Å². The number of para-hydroxylation sites is 1. The van der Waals surface area contributed by atoms with E-state index in [4.69, 9.17) is 16.3 Å². The number of nitrogens with zero attached hydrogens (tertiary/aromatic N) is 1. The van der Waals surface area contributed by atoms with E-state index in [1.807, 2.05) is 0 Å². The molecule has 0 saturated carbocycles. The van der Waals surface area contributed by atoms with E-state index in [9.17, 15) is 19.2 Å². The molecular weight excluding hydrogens is 600 g/mol. The van der Waals surface area contributed by atoms with Crippen molar-refractivity contribution < 1.29 is 23.9 Å². The van der Waals surface area contributed by atoms with Crippen LogP contribution < -0.4 is 20.8 Å². The molecule has 0 fully saturated rings. The molecule has 0 atom stereocenters. The van der Waals surface area contributed by atoms with E-state index in [0.717, 1.165) is 4.47 Å². The average molecular weight is 620 g/mol. The Morgan fingerprint density at radius 2 is 1.45 bits per heavy atom. The molecule has 0 radical (unpaired) electrons. The molecule has 0 aromatic heterocycles. The molecule has 40 heavy (non-hydrogen) atoms. The van der Waals surface area contributed by atoms with Gasteiger partial charge in [0.2, 0.25) is 0 Å². The molecule has 0 aliphatic carbocycles. The summed E-state index contributed by atoms with van der Waals surface area (Å²) in [5, 5.41) is 9.46. The molecule has 0 aliphatic rings. The fourth-order valence-electron chi connectivity index (χ4n) is 3.29. The predicted octanol–water partition coefficient (Wildman–Crippen LogP) is 5.66. The van der Waals surface area contributed by atoms with Crippen LogP contribution in [-0.2, 0) is 9.59 Å². The Labute approximate surface area is 242 Å². The Kier molecular flexibility index (Phi) is 9.39. The Morgan fingerprint density at radius 1 is 0.775 bits per heavy atom. The Hall–Kier alpha value is -4.80. The van der Waals surface area contributed by atoms with Crippen LogP contribution in [0.2, 0.25) is 5.02 Å². The molecule has 4 rings (SSSR count). The Morgan fingerprint density at radius 3 is 2.15 bits per heavy atom. The summed E-state index contributed by atoms with van der Waals surface area (Å²) in [7, 11) is 0. The standard InChI is InChI=1S/C29H20BrClN4O5/c30-20-9-13-22(14-10-20)33-26(36)24-3-1-2-4-25(24)34-27(37)28(38)35-32-17-18-5-15-23(16-6-18)40-29(39)19-7-11-21(31)12-8-19/h1-17H,(H,33,36)(H,34,37)(H,35,38)/b32-17-. The van der Waals surface area contributed by atoms with Gasteiger partial charge in [0.15, 0.2) is 0 Å². The lowest BCUT2D eigenvalue weighted by Gasteiger charge is -2.11. The third-order valence-corrected chi connectivity index (χ3v) is 6.06. The molecule has 0 aliphatic heterocycles. The van der Waals surface area contributed by atoms with Crippen molar-refractivity contribution in [1.29, 1.82) is 0 Å². The maximum Gasteiger partial charge on any atom is 0.343 e. The van der Waals surface area contributed by atoms with E-state index in [1.165, 1.54) is 18.3 Å². The van der Waals surface area contributed by atoms with Crippen molar-refractivity contribution in [3.05, 3.63) is 123 Å². The highest BCUT2D eigenvalue weighted by Crippen LogP contribution is 2.19. The first-order valence-corrected chi connectivity index (χ1v) is 12.8. The van der Waals surface area contributed by atoms with Crippen molar-refractivity contribution in [3.8, 4) is 5.75 Å². The number of ether oxygens (including phenoxy) is 1. The molecule has 0 saturated heterocycles. The summed E-state index contributed by atoms with van der Waals surface area (Å²) in [5.41, 5.74) is 3.95. The minimum absolute atomic E-state index is 0.157. The van der Waals surface area contributed by atoms with Gasteiger partial charge in [-0.05, 0) is 90.5 Å². The van der Waals surface area contributed by atoms with Crippen LogP contribution in [0.1, 0.15) is 26.3 Å². The highest BCUT2D eigenvalue weighted by atomic mass is 79.9. The number of hydrazone groups is 1. The van der Waals surface area contributed by atoms with Gasteiger partial charge in [0, 0.05) is 15.2 Å². The number of carbonyl (C=O) groups is 4. The third-order valence-electron chi connectivity index (χ3n) is 5.28. The van der Waals surface area contributed by atoms with Crippen LogP contribution in [0.4, 0.5) is 11.4 Å². The fourth-order valence-corrected chi connectivity index (χ4v) is 3.68. The zero-order chi connectivity index (χ0) is 28.5. The summed E-state index contributed by atoms with van der Waals surface area (Å²) in [4.78, 5) is 49.6. The summed E-state index contributed by atoms with van der Waals surface area (Å²) >= 11 is 9.16. The second kappa shape index (κ2) is 13.3. The molecule has 0 bridgehead atoms. The Balaban J connectivity index is 1.30. The number of hydrogen-bond donors (Lipinski definition) is 3. The predicted molar refractivity (Wildman–Crippen MR) is 156 cm³/mol. The van der Waals surface area contributed by atoms with Crippen molar-refractivity contribution in [1.82, 2.24) is 5.43 Å². The molecule has 3 N–H and O–H groups in total. The summed E-state index contributed by atoms with van der Waals surface area (Å²) < 4.78 is 6.17. The number of amides is 3. The van der Waals surface area contributed by atoms with E-state index in [1.54, 1.807) is 84.9 Å². The van der Waals surface area contributed by atoms with E-state index < -0.39 is 23.7 Å². The molecule has 0 unspecified atom stereocenters. The summed E-state index contributed by atoms with van der Waals surface area (Å²) in [6.07, 6.45) is 1.32. The van der Waals surface area contributed by atoms with Crippen LogP contribution in [0.15, 0.2) is 107 Å². The summed E-state index contributed by atoms with van der Waals surface area (Å²) in [6.45, 7) is 0. The van der Waals surface area contributed by atoms with Gasteiger partial charge in [-0.15, -0.1) is 0 Å². The van der Waals surface area contributed by atoms with Crippen molar-refractivity contribution in [2.24, 2.45) is 5.10 Å². The first-order chi connectivity index (χ1) is 19.3. The lowest BCUT2D eigenvalue weighted by molar-refractivity contribution is -0.136. The van der Waals surface area contributed by atoms with Gasteiger partial charge in [0.05, 0.1) is 23.0 Å². The maximum atomic E-state index is 12.7.